The molecule has 5 rings (SSSR count). The molecule has 2 aromatic carbocycles. The number of hydrogen-bond donors (Lipinski definition) is 2. The van der Waals surface area contributed by atoms with Gasteiger partial charge in [0.15, 0.2) is 17.6 Å². The third kappa shape index (κ3) is 3.83. The van der Waals surface area contributed by atoms with Crippen LogP contribution in [0.3, 0.4) is 0 Å². The van der Waals surface area contributed by atoms with Crippen molar-refractivity contribution in [2.24, 2.45) is 0 Å². The first kappa shape index (κ1) is 19.5. The summed E-state index contributed by atoms with van der Waals surface area (Å²) in [5.74, 6) is 0.496. The van der Waals surface area contributed by atoms with Gasteiger partial charge in [0.25, 0.3) is 5.91 Å². The van der Waals surface area contributed by atoms with Crippen molar-refractivity contribution < 1.29 is 23.8 Å². The van der Waals surface area contributed by atoms with Crippen LogP contribution in [0.15, 0.2) is 36.4 Å². The van der Waals surface area contributed by atoms with Crippen molar-refractivity contribution in [2.75, 3.05) is 6.79 Å². The minimum atomic E-state index is -0.905. The Bertz CT molecular complexity index is 1170. The second-order valence-electron chi connectivity index (χ2n) is 8.00. The van der Waals surface area contributed by atoms with Gasteiger partial charge in [-0.2, -0.15) is 0 Å². The molecule has 3 aromatic rings. The topological polar surface area (TPSA) is 89.7 Å². The molecule has 1 aliphatic heterocycles. The molecule has 160 valence electrons. The summed E-state index contributed by atoms with van der Waals surface area (Å²) in [4.78, 5) is 28.5. The lowest BCUT2D eigenvalue weighted by Crippen LogP contribution is -2.35. The lowest BCUT2D eigenvalue weighted by atomic mass is 9.95. The van der Waals surface area contributed by atoms with E-state index in [0.717, 1.165) is 35.7 Å². The first-order valence-electron chi connectivity index (χ1n) is 10.6. The van der Waals surface area contributed by atoms with Crippen LogP contribution < -0.4 is 14.8 Å². The Hall–Kier alpha value is -3.48. The van der Waals surface area contributed by atoms with Crippen molar-refractivity contribution in [2.45, 2.75) is 45.3 Å². The molecule has 1 amide bonds. The van der Waals surface area contributed by atoms with Crippen LogP contribution in [-0.4, -0.2) is 29.8 Å². The van der Waals surface area contributed by atoms with Gasteiger partial charge in [-0.15, -0.1) is 0 Å². The molecule has 0 radical (unpaired) electrons. The van der Waals surface area contributed by atoms with E-state index in [1.807, 2.05) is 30.3 Å². The fourth-order valence-electron chi connectivity index (χ4n) is 4.20. The van der Waals surface area contributed by atoms with Gasteiger partial charge in [0.05, 0.1) is 5.56 Å². The summed E-state index contributed by atoms with van der Waals surface area (Å²) in [5.41, 5.74) is 4.93. The Morgan fingerprint density at radius 1 is 1.10 bits per heavy atom. The van der Waals surface area contributed by atoms with E-state index in [1.54, 1.807) is 13.0 Å². The van der Waals surface area contributed by atoms with Crippen molar-refractivity contribution in [3.63, 3.8) is 0 Å². The van der Waals surface area contributed by atoms with Gasteiger partial charge in [0, 0.05) is 23.1 Å². The molecule has 2 aliphatic rings. The summed E-state index contributed by atoms with van der Waals surface area (Å²) >= 11 is 0. The highest BCUT2D eigenvalue weighted by Gasteiger charge is 2.21. The molecule has 0 fully saturated rings. The Morgan fingerprint density at radius 2 is 1.94 bits per heavy atom. The van der Waals surface area contributed by atoms with Gasteiger partial charge in [-0.25, -0.2) is 4.79 Å². The van der Waals surface area contributed by atoms with Crippen LogP contribution in [0.4, 0.5) is 0 Å². The number of fused-ring (bicyclic) bond motifs is 4. The average Bonchev–Trinajstić information content (AvgIpc) is 3.40. The van der Waals surface area contributed by atoms with E-state index in [9.17, 15) is 9.59 Å². The predicted octanol–water partition coefficient (Wildman–Crippen LogP) is 3.64. The molecule has 0 saturated carbocycles. The Morgan fingerprint density at radius 3 is 2.84 bits per heavy atom. The van der Waals surface area contributed by atoms with E-state index in [-0.39, 0.29) is 12.7 Å². The zero-order valence-corrected chi connectivity index (χ0v) is 17.3. The molecule has 31 heavy (non-hydrogen) atoms. The number of carbonyl (C=O) groups is 2. The van der Waals surface area contributed by atoms with Crippen molar-refractivity contribution in [3.05, 3.63) is 58.8 Å². The Labute approximate surface area is 179 Å². The number of aryl methyl sites for hydroxylation is 2. The molecular formula is C24H24N2O5. The van der Waals surface area contributed by atoms with Crippen molar-refractivity contribution in [1.29, 1.82) is 0 Å². The van der Waals surface area contributed by atoms with Crippen molar-refractivity contribution in [1.82, 2.24) is 10.3 Å². The smallest absolute Gasteiger partial charge is 0.338 e. The summed E-state index contributed by atoms with van der Waals surface area (Å²) in [5, 5.41) is 3.87. The number of carbonyl (C=O) groups excluding carboxylic acids is 2. The van der Waals surface area contributed by atoms with Crippen LogP contribution in [0.2, 0.25) is 0 Å². The zero-order chi connectivity index (χ0) is 21.4. The van der Waals surface area contributed by atoms with Gasteiger partial charge in [-0.1, -0.05) is 6.07 Å². The SMILES string of the molecule is CC(OC(=O)c1ccc2[nH]c3c(c2c1)CCCC3)C(=O)NCc1ccc2c(c1)OCO2. The van der Waals surface area contributed by atoms with E-state index < -0.39 is 12.1 Å². The number of hydrogen-bond acceptors (Lipinski definition) is 5. The summed E-state index contributed by atoms with van der Waals surface area (Å²) in [7, 11) is 0. The number of H-pyrrole nitrogens is 1. The number of aromatic amines is 1. The Balaban J connectivity index is 1.22. The molecule has 1 aromatic heterocycles. The molecule has 7 heteroatoms. The van der Waals surface area contributed by atoms with Crippen LogP contribution in [0, 0.1) is 0 Å². The summed E-state index contributed by atoms with van der Waals surface area (Å²) in [6.07, 6.45) is 3.51. The standard InChI is InChI=1S/C24H24N2O5/c1-14(23(27)25-12-15-6-9-21-22(10-15)30-13-29-21)31-24(28)16-7-8-20-18(11-16)17-4-2-3-5-19(17)26-20/h6-11,14,26H,2-5,12-13H2,1H3,(H,25,27). The van der Waals surface area contributed by atoms with Crippen LogP contribution in [0.25, 0.3) is 10.9 Å². The van der Waals surface area contributed by atoms with E-state index in [4.69, 9.17) is 14.2 Å². The minimum absolute atomic E-state index is 0.204. The van der Waals surface area contributed by atoms with Gasteiger partial charge >= 0.3 is 5.97 Å². The lowest BCUT2D eigenvalue weighted by molar-refractivity contribution is -0.129. The highest BCUT2D eigenvalue weighted by Crippen LogP contribution is 2.32. The third-order valence-electron chi connectivity index (χ3n) is 5.89. The fraction of sp³-hybridized carbons (Fsp3) is 0.333. The predicted molar refractivity (Wildman–Crippen MR) is 114 cm³/mol. The van der Waals surface area contributed by atoms with E-state index in [1.165, 1.54) is 17.7 Å². The highest BCUT2D eigenvalue weighted by molar-refractivity contribution is 5.97. The molecule has 7 nitrogen and oxygen atoms in total. The van der Waals surface area contributed by atoms with E-state index in [0.29, 0.717) is 23.6 Å². The normalized spacial score (nSPS) is 15.4. The number of esters is 1. The molecule has 1 unspecified atom stereocenters. The Kier molecular flexibility index (Phi) is 5.02. The second kappa shape index (κ2) is 7.98. The van der Waals surface area contributed by atoms with Crippen LogP contribution >= 0.6 is 0 Å². The fourth-order valence-corrected chi connectivity index (χ4v) is 4.20. The summed E-state index contributed by atoms with van der Waals surface area (Å²) in [6, 6.07) is 11.0. The first-order valence-corrected chi connectivity index (χ1v) is 10.6. The maximum Gasteiger partial charge on any atom is 0.338 e. The molecule has 1 aliphatic carbocycles. The van der Waals surface area contributed by atoms with Crippen LogP contribution in [0.5, 0.6) is 11.5 Å². The second-order valence-corrected chi connectivity index (χ2v) is 8.00. The zero-order valence-electron chi connectivity index (χ0n) is 17.3. The molecule has 0 bridgehead atoms. The van der Waals surface area contributed by atoms with Crippen molar-refractivity contribution >= 4 is 22.8 Å². The molecule has 0 spiro atoms. The van der Waals surface area contributed by atoms with Gasteiger partial charge in [-0.3, -0.25) is 4.79 Å². The quantitative estimate of drug-likeness (QED) is 0.615. The van der Waals surface area contributed by atoms with Gasteiger partial charge in [-0.05, 0) is 74.1 Å². The minimum Gasteiger partial charge on any atom is -0.454 e. The maximum absolute atomic E-state index is 12.7. The summed E-state index contributed by atoms with van der Waals surface area (Å²) in [6.45, 7) is 2.08. The number of aromatic nitrogens is 1. The van der Waals surface area contributed by atoms with Crippen LogP contribution in [0.1, 0.15) is 46.9 Å². The number of ether oxygens (including phenoxy) is 3. The number of amides is 1. The largest absolute Gasteiger partial charge is 0.454 e. The number of benzene rings is 2. The van der Waals surface area contributed by atoms with Gasteiger partial charge in [0.2, 0.25) is 6.79 Å². The molecule has 2 N–H and O–H groups in total. The highest BCUT2D eigenvalue weighted by atomic mass is 16.7. The van der Waals surface area contributed by atoms with Gasteiger partial charge in [0.1, 0.15) is 0 Å². The third-order valence-corrected chi connectivity index (χ3v) is 5.89. The molecule has 0 saturated heterocycles. The number of nitrogens with one attached hydrogen (secondary N) is 2. The van der Waals surface area contributed by atoms with Gasteiger partial charge < -0.3 is 24.5 Å². The molecular weight excluding hydrogens is 396 g/mol. The van der Waals surface area contributed by atoms with E-state index in [2.05, 4.69) is 10.3 Å². The van der Waals surface area contributed by atoms with Crippen LogP contribution in [-0.2, 0) is 28.9 Å². The maximum atomic E-state index is 12.7. The molecule has 2 heterocycles. The number of rotatable bonds is 5. The first-order chi connectivity index (χ1) is 15.1. The average molecular weight is 420 g/mol. The van der Waals surface area contributed by atoms with Crippen molar-refractivity contribution in [3.8, 4) is 11.5 Å². The monoisotopic (exact) mass is 420 g/mol. The molecule has 1 atom stereocenters. The lowest BCUT2D eigenvalue weighted by Gasteiger charge is -2.14. The summed E-state index contributed by atoms with van der Waals surface area (Å²) < 4.78 is 16.1. The van der Waals surface area contributed by atoms with E-state index >= 15 is 0 Å².